The number of hydrogen-bond donors (Lipinski definition) is 2. The van der Waals surface area contributed by atoms with Crippen molar-refractivity contribution in [2.24, 2.45) is 0 Å². The number of halogens is 1. The molecule has 1 atom stereocenters. The Labute approximate surface area is 112 Å². The highest BCUT2D eigenvalue weighted by atomic mass is 35.5. The van der Waals surface area contributed by atoms with Crippen LogP contribution in [-0.4, -0.2) is 38.6 Å². The van der Waals surface area contributed by atoms with Gasteiger partial charge in [0.1, 0.15) is 0 Å². The Morgan fingerprint density at radius 1 is 1.44 bits per heavy atom. The second-order valence-electron chi connectivity index (χ2n) is 4.51. The molecule has 1 heterocycles. The van der Waals surface area contributed by atoms with Gasteiger partial charge in [-0.15, -0.1) is 0 Å². The first-order valence-corrected chi connectivity index (χ1v) is 6.51. The van der Waals surface area contributed by atoms with E-state index >= 15 is 0 Å². The van der Waals surface area contributed by atoms with Gasteiger partial charge < -0.3 is 15.5 Å². The lowest BCUT2D eigenvalue weighted by molar-refractivity contribution is -0.120. The summed E-state index contributed by atoms with van der Waals surface area (Å²) in [6.07, 6.45) is 0.984. The Morgan fingerprint density at radius 3 is 2.83 bits per heavy atom. The summed E-state index contributed by atoms with van der Waals surface area (Å²) in [6.45, 7) is 2.20. The molecule has 0 radical (unpaired) electrons. The largest absolute Gasteiger partial charge is 0.369 e. The van der Waals surface area contributed by atoms with Crippen LogP contribution in [0.15, 0.2) is 24.3 Å². The number of carbonyl (C=O) groups is 1. The summed E-state index contributed by atoms with van der Waals surface area (Å²) in [6, 6.07) is 8.05. The number of amides is 1. The number of likely N-dealkylation sites (N-methyl/N-ethyl adjacent to an activating group) is 1. The molecular weight excluding hydrogens is 250 g/mol. The third-order valence-corrected chi connectivity index (χ3v) is 3.33. The number of nitrogens with zero attached hydrogens (tertiary/aromatic N) is 1. The second kappa shape index (κ2) is 6.07. The molecule has 18 heavy (non-hydrogen) atoms. The SMILES string of the molecule is CNCC(=O)NC1CCN(c2ccc(Cl)cc2)C1. The summed E-state index contributed by atoms with van der Waals surface area (Å²) in [4.78, 5) is 13.7. The van der Waals surface area contributed by atoms with Crippen molar-refractivity contribution in [3.8, 4) is 0 Å². The molecule has 1 aliphatic heterocycles. The second-order valence-corrected chi connectivity index (χ2v) is 4.94. The van der Waals surface area contributed by atoms with Crippen LogP contribution in [0, 0.1) is 0 Å². The van der Waals surface area contributed by atoms with Crippen LogP contribution >= 0.6 is 11.6 Å². The van der Waals surface area contributed by atoms with Crippen LogP contribution in [0.1, 0.15) is 6.42 Å². The van der Waals surface area contributed by atoms with Gasteiger partial charge in [-0.25, -0.2) is 0 Å². The van der Waals surface area contributed by atoms with E-state index in [2.05, 4.69) is 15.5 Å². The zero-order chi connectivity index (χ0) is 13.0. The van der Waals surface area contributed by atoms with Crippen molar-refractivity contribution in [3.05, 3.63) is 29.3 Å². The van der Waals surface area contributed by atoms with E-state index in [1.54, 1.807) is 7.05 Å². The van der Waals surface area contributed by atoms with Crippen molar-refractivity contribution in [2.45, 2.75) is 12.5 Å². The molecule has 0 aromatic heterocycles. The fourth-order valence-corrected chi connectivity index (χ4v) is 2.33. The predicted molar refractivity (Wildman–Crippen MR) is 74.1 cm³/mol. The Morgan fingerprint density at radius 2 is 2.17 bits per heavy atom. The zero-order valence-corrected chi connectivity index (χ0v) is 11.2. The van der Waals surface area contributed by atoms with E-state index in [4.69, 9.17) is 11.6 Å². The van der Waals surface area contributed by atoms with E-state index < -0.39 is 0 Å². The Hall–Kier alpha value is -1.26. The normalized spacial score (nSPS) is 19.0. The molecule has 5 heteroatoms. The van der Waals surface area contributed by atoms with E-state index in [1.807, 2.05) is 24.3 Å². The van der Waals surface area contributed by atoms with Crippen molar-refractivity contribution < 1.29 is 4.79 Å². The van der Waals surface area contributed by atoms with E-state index in [1.165, 1.54) is 0 Å². The van der Waals surface area contributed by atoms with Gasteiger partial charge in [-0.05, 0) is 37.7 Å². The Kier molecular flexibility index (Phi) is 4.44. The minimum atomic E-state index is 0.0560. The van der Waals surface area contributed by atoms with Crippen molar-refractivity contribution >= 4 is 23.2 Å². The molecule has 0 aliphatic carbocycles. The van der Waals surface area contributed by atoms with Gasteiger partial charge in [0.25, 0.3) is 0 Å². The van der Waals surface area contributed by atoms with Crippen molar-refractivity contribution in [1.29, 1.82) is 0 Å². The van der Waals surface area contributed by atoms with Gasteiger partial charge >= 0.3 is 0 Å². The van der Waals surface area contributed by atoms with Crippen molar-refractivity contribution in [3.63, 3.8) is 0 Å². The Bertz CT molecular complexity index is 407. The summed E-state index contributed by atoms with van der Waals surface area (Å²) in [7, 11) is 1.77. The molecule has 1 saturated heterocycles. The maximum atomic E-state index is 11.5. The molecule has 1 unspecified atom stereocenters. The van der Waals surface area contributed by atoms with Crippen LogP contribution in [0.5, 0.6) is 0 Å². The van der Waals surface area contributed by atoms with Crippen LogP contribution in [0.2, 0.25) is 5.02 Å². The Balaban J connectivity index is 1.88. The maximum absolute atomic E-state index is 11.5. The first-order chi connectivity index (χ1) is 8.69. The minimum Gasteiger partial charge on any atom is -0.369 e. The van der Waals surface area contributed by atoms with Crippen LogP contribution in [0.25, 0.3) is 0 Å². The molecule has 1 aliphatic rings. The summed E-state index contributed by atoms with van der Waals surface area (Å²) in [5.41, 5.74) is 1.16. The molecule has 1 aromatic carbocycles. The van der Waals surface area contributed by atoms with Gasteiger partial charge in [0.05, 0.1) is 6.54 Å². The lowest BCUT2D eigenvalue weighted by atomic mass is 10.2. The number of nitrogens with one attached hydrogen (secondary N) is 2. The quantitative estimate of drug-likeness (QED) is 0.863. The van der Waals surface area contributed by atoms with E-state index in [0.29, 0.717) is 6.54 Å². The molecule has 2 rings (SSSR count). The van der Waals surface area contributed by atoms with Gasteiger partial charge in [-0.1, -0.05) is 11.6 Å². The molecule has 1 amide bonds. The highest BCUT2D eigenvalue weighted by molar-refractivity contribution is 6.30. The molecule has 2 N–H and O–H groups in total. The maximum Gasteiger partial charge on any atom is 0.234 e. The number of rotatable bonds is 4. The standard InChI is InChI=1S/C13H18ClN3O/c1-15-8-13(18)16-11-6-7-17(9-11)12-4-2-10(14)3-5-12/h2-5,11,15H,6-9H2,1H3,(H,16,18). The monoisotopic (exact) mass is 267 g/mol. The molecule has 98 valence electrons. The summed E-state index contributed by atoms with van der Waals surface area (Å²) in [5.74, 6) is 0.0560. The van der Waals surface area contributed by atoms with Gasteiger partial charge in [-0.2, -0.15) is 0 Å². The third-order valence-electron chi connectivity index (χ3n) is 3.08. The lowest BCUT2D eigenvalue weighted by Crippen LogP contribution is -2.41. The van der Waals surface area contributed by atoms with Gasteiger partial charge in [-0.3, -0.25) is 4.79 Å². The van der Waals surface area contributed by atoms with Crippen LogP contribution in [-0.2, 0) is 4.79 Å². The number of carbonyl (C=O) groups excluding carboxylic acids is 1. The van der Waals surface area contributed by atoms with Gasteiger partial charge in [0, 0.05) is 29.8 Å². The van der Waals surface area contributed by atoms with Crippen molar-refractivity contribution in [1.82, 2.24) is 10.6 Å². The fraction of sp³-hybridized carbons (Fsp3) is 0.462. The molecule has 1 aromatic rings. The molecular formula is C13H18ClN3O. The topological polar surface area (TPSA) is 44.4 Å². The van der Waals surface area contributed by atoms with Crippen LogP contribution in [0.4, 0.5) is 5.69 Å². The number of hydrogen-bond acceptors (Lipinski definition) is 3. The average molecular weight is 268 g/mol. The highest BCUT2D eigenvalue weighted by Gasteiger charge is 2.23. The van der Waals surface area contributed by atoms with E-state index in [9.17, 15) is 4.79 Å². The molecule has 0 saturated carbocycles. The van der Waals surface area contributed by atoms with Crippen molar-refractivity contribution in [2.75, 3.05) is 31.6 Å². The summed E-state index contributed by atoms with van der Waals surface area (Å²) < 4.78 is 0. The first kappa shape index (κ1) is 13.2. The average Bonchev–Trinajstić information content (AvgIpc) is 2.78. The number of anilines is 1. The number of benzene rings is 1. The summed E-state index contributed by atoms with van der Waals surface area (Å²) >= 11 is 5.87. The van der Waals surface area contributed by atoms with E-state index in [-0.39, 0.29) is 11.9 Å². The summed E-state index contributed by atoms with van der Waals surface area (Å²) in [5, 5.41) is 6.62. The molecule has 0 bridgehead atoms. The molecule has 0 spiro atoms. The highest BCUT2D eigenvalue weighted by Crippen LogP contribution is 2.22. The fourth-order valence-electron chi connectivity index (χ4n) is 2.20. The lowest BCUT2D eigenvalue weighted by Gasteiger charge is -2.19. The first-order valence-electron chi connectivity index (χ1n) is 6.13. The zero-order valence-electron chi connectivity index (χ0n) is 10.4. The van der Waals surface area contributed by atoms with Gasteiger partial charge in [0.2, 0.25) is 5.91 Å². The third kappa shape index (κ3) is 3.37. The smallest absolute Gasteiger partial charge is 0.234 e. The minimum absolute atomic E-state index is 0.0560. The van der Waals surface area contributed by atoms with Gasteiger partial charge in [0.15, 0.2) is 0 Å². The molecule has 4 nitrogen and oxygen atoms in total. The molecule has 1 fully saturated rings. The van der Waals surface area contributed by atoms with E-state index in [0.717, 1.165) is 30.2 Å². The van der Waals surface area contributed by atoms with Crippen LogP contribution < -0.4 is 15.5 Å². The predicted octanol–water partition coefficient (Wildman–Crippen LogP) is 1.25. The van der Waals surface area contributed by atoms with Crippen LogP contribution in [0.3, 0.4) is 0 Å².